The van der Waals surface area contributed by atoms with Crippen LogP contribution in [0.1, 0.15) is 29.6 Å². The molecular weight excluding hydrogens is 258 g/mol. The predicted molar refractivity (Wildman–Crippen MR) is 65.0 cm³/mol. The molecule has 0 radical (unpaired) electrons. The number of rotatable bonds is 4. The smallest absolute Gasteiger partial charge is 0.303 e. The zero-order valence-electron chi connectivity index (χ0n) is 9.57. The van der Waals surface area contributed by atoms with Crippen molar-refractivity contribution in [2.24, 2.45) is 0 Å². The first-order chi connectivity index (χ1) is 8.47. The van der Waals surface area contributed by atoms with Crippen molar-refractivity contribution in [3.8, 4) is 0 Å². The number of aromatic nitrogens is 1. The highest BCUT2D eigenvalue weighted by Crippen LogP contribution is 2.26. The second-order valence-electron chi connectivity index (χ2n) is 3.86. The van der Waals surface area contributed by atoms with E-state index in [0.717, 1.165) is 0 Å². The van der Waals surface area contributed by atoms with Gasteiger partial charge in [0.05, 0.1) is 11.4 Å². The van der Waals surface area contributed by atoms with Crippen LogP contribution in [0.25, 0.3) is 11.1 Å². The van der Waals surface area contributed by atoms with Gasteiger partial charge in [-0.25, -0.2) is 4.98 Å². The average Bonchev–Trinajstić information content (AvgIpc) is 2.69. The molecule has 1 aromatic heterocycles. The summed E-state index contributed by atoms with van der Waals surface area (Å²) in [6, 6.07) is 3.09. The largest absolute Gasteiger partial charge is 0.481 e. The molecule has 2 aromatic rings. The fourth-order valence-electron chi connectivity index (χ4n) is 1.56. The quantitative estimate of drug-likeness (QED) is 0.862. The number of carboxylic acid groups (broad SMARTS) is 1. The molecule has 6 heteroatoms. The SMILES string of the molecule is CC(=O)c1cc(Cl)c2oc(CCC(=O)O)nc2c1. The lowest BCUT2D eigenvalue weighted by molar-refractivity contribution is -0.137. The topological polar surface area (TPSA) is 80.4 Å². The molecule has 0 amide bonds. The third-order valence-corrected chi connectivity index (χ3v) is 2.73. The standard InChI is InChI=1S/C12H10ClNO4/c1-6(15)7-4-8(13)12-9(5-7)14-10(18-12)2-3-11(16)17/h4-5H,2-3H2,1H3,(H,16,17). The number of Topliss-reactive ketones (excluding diaryl/α,β-unsaturated/α-hetero) is 1. The van der Waals surface area contributed by atoms with Gasteiger partial charge in [-0.2, -0.15) is 0 Å². The third-order valence-electron chi connectivity index (χ3n) is 2.45. The Hall–Kier alpha value is -1.88. The molecule has 0 spiro atoms. The Balaban J connectivity index is 2.41. The van der Waals surface area contributed by atoms with Crippen LogP contribution < -0.4 is 0 Å². The van der Waals surface area contributed by atoms with Gasteiger partial charge < -0.3 is 9.52 Å². The lowest BCUT2D eigenvalue weighted by Gasteiger charge is -1.96. The summed E-state index contributed by atoms with van der Waals surface area (Å²) in [5.74, 6) is -0.739. The highest BCUT2D eigenvalue weighted by Gasteiger charge is 2.13. The van der Waals surface area contributed by atoms with E-state index in [1.165, 1.54) is 13.0 Å². The van der Waals surface area contributed by atoms with Crippen molar-refractivity contribution in [3.05, 3.63) is 28.6 Å². The van der Waals surface area contributed by atoms with Crippen molar-refractivity contribution in [3.63, 3.8) is 0 Å². The minimum absolute atomic E-state index is 0.0655. The average molecular weight is 268 g/mol. The van der Waals surface area contributed by atoms with Gasteiger partial charge in [0, 0.05) is 12.0 Å². The van der Waals surface area contributed by atoms with Crippen molar-refractivity contribution in [1.82, 2.24) is 4.98 Å². The molecule has 1 aromatic carbocycles. The maximum absolute atomic E-state index is 11.3. The molecule has 1 heterocycles. The Kier molecular flexibility index (Phi) is 3.34. The van der Waals surface area contributed by atoms with Crippen LogP contribution in [0.15, 0.2) is 16.5 Å². The molecule has 0 unspecified atom stereocenters. The normalized spacial score (nSPS) is 10.8. The summed E-state index contributed by atoms with van der Waals surface area (Å²) in [6.45, 7) is 1.43. The number of nitrogens with zero attached hydrogens (tertiary/aromatic N) is 1. The minimum atomic E-state index is -0.923. The maximum atomic E-state index is 11.3. The number of benzene rings is 1. The van der Waals surface area contributed by atoms with Gasteiger partial charge in [0.2, 0.25) is 0 Å². The van der Waals surface area contributed by atoms with Gasteiger partial charge in [0.25, 0.3) is 0 Å². The van der Waals surface area contributed by atoms with E-state index < -0.39 is 5.97 Å². The first-order valence-electron chi connectivity index (χ1n) is 5.29. The Morgan fingerprint density at radius 1 is 1.44 bits per heavy atom. The molecule has 0 atom stereocenters. The van der Waals surface area contributed by atoms with E-state index in [9.17, 15) is 9.59 Å². The van der Waals surface area contributed by atoms with Gasteiger partial charge >= 0.3 is 5.97 Å². The van der Waals surface area contributed by atoms with Crippen molar-refractivity contribution < 1.29 is 19.1 Å². The van der Waals surface area contributed by atoms with Gasteiger partial charge in [-0.1, -0.05) is 11.6 Å². The summed E-state index contributed by atoms with van der Waals surface area (Å²) in [7, 11) is 0. The summed E-state index contributed by atoms with van der Waals surface area (Å²) in [5, 5.41) is 8.88. The molecule has 0 saturated carbocycles. The summed E-state index contributed by atoms with van der Waals surface area (Å²) in [6.07, 6.45) is 0.125. The third kappa shape index (κ3) is 2.51. The molecular formula is C12H10ClNO4. The second kappa shape index (κ2) is 4.78. The number of ketones is 1. The molecule has 5 nitrogen and oxygen atoms in total. The number of halogens is 1. The summed E-state index contributed by atoms with van der Waals surface area (Å²) in [4.78, 5) is 25.8. The van der Waals surface area contributed by atoms with Crippen LogP contribution in [-0.4, -0.2) is 21.8 Å². The molecule has 0 bridgehead atoms. The van der Waals surface area contributed by atoms with Crippen LogP contribution in [0, 0.1) is 0 Å². The number of hydrogen-bond donors (Lipinski definition) is 1. The highest BCUT2D eigenvalue weighted by molar-refractivity contribution is 6.35. The Labute approximate surface area is 107 Å². The van der Waals surface area contributed by atoms with Crippen LogP contribution in [0.2, 0.25) is 5.02 Å². The number of hydrogen-bond acceptors (Lipinski definition) is 4. The molecule has 94 valence electrons. The molecule has 0 fully saturated rings. The molecule has 1 N–H and O–H groups in total. The van der Waals surface area contributed by atoms with E-state index >= 15 is 0 Å². The predicted octanol–water partition coefficient (Wildman–Crippen LogP) is 2.70. The summed E-state index contributed by atoms with van der Waals surface area (Å²) in [5.41, 5.74) is 1.29. The first-order valence-corrected chi connectivity index (χ1v) is 5.67. The first kappa shape index (κ1) is 12.6. The zero-order chi connectivity index (χ0) is 13.3. The lowest BCUT2D eigenvalue weighted by Crippen LogP contribution is -1.97. The van der Waals surface area contributed by atoms with Crippen molar-refractivity contribution in [1.29, 1.82) is 0 Å². The van der Waals surface area contributed by atoms with Gasteiger partial charge in [-0.15, -0.1) is 0 Å². The van der Waals surface area contributed by atoms with E-state index in [-0.39, 0.29) is 18.6 Å². The van der Waals surface area contributed by atoms with Gasteiger partial charge in [0.1, 0.15) is 5.52 Å². The van der Waals surface area contributed by atoms with Crippen LogP contribution in [-0.2, 0) is 11.2 Å². The van der Waals surface area contributed by atoms with E-state index in [1.807, 2.05) is 0 Å². The van der Waals surface area contributed by atoms with E-state index in [1.54, 1.807) is 6.07 Å². The molecule has 0 aliphatic rings. The summed E-state index contributed by atoms with van der Waals surface area (Å²) >= 11 is 5.98. The number of oxazole rings is 1. The molecule has 0 saturated heterocycles. The minimum Gasteiger partial charge on any atom is -0.481 e. The van der Waals surface area contributed by atoms with Gasteiger partial charge in [-0.05, 0) is 19.1 Å². The number of aliphatic carboxylic acids is 1. The van der Waals surface area contributed by atoms with Gasteiger partial charge in [-0.3, -0.25) is 9.59 Å². The monoisotopic (exact) mass is 267 g/mol. The molecule has 0 aliphatic heterocycles. The number of carbonyl (C=O) groups excluding carboxylic acids is 1. The Morgan fingerprint density at radius 2 is 2.17 bits per heavy atom. The Bertz CT molecular complexity index is 632. The number of carbonyl (C=O) groups is 2. The fourth-order valence-corrected chi connectivity index (χ4v) is 1.81. The highest BCUT2D eigenvalue weighted by atomic mass is 35.5. The zero-order valence-corrected chi connectivity index (χ0v) is 10.3. The second-order valence-corrected chi connectivity index (χ2v) is 4.27. The maximum Gasteiger partial charge on any atom is 0.303 e. The Morgan fingerprint density at radius 3 is 2.78 bits per heavy atom. The number of carboxylic acids is 1. The molecule has 2 rings (SSSR count). The van der Waals surface area contributed by atoms with E-state index in [4.69, 9.17) is 21.1 Å². The van der Waals surface area contributed by atoms with Crippen LogP contribution in [0.5, 0.6) is 0 Å². The number of fused-ring (bicyclic) bond motifs is 1. The van der Waals surface area contributed by atoms with E-state index in [2.05, 4.69) is 4.98 Å². The van der Waals surface area contributed by atoms with Crippen LogP contribution in [0.3, 0.4) is 0 Å². The number of aryl methyl sites for hydroxylation is 1. The van der Waals surface area contributed by atoms with Crippen LogP contribution >= 0.6 is 11.6 Å². The van der Waals surface area contributed by atoms with Crippen molar-refractivity contribution in [2.75, 3.05) is 0 Å². The van der Waals surface area contributed by atoms with Crippen molar-refractivity contribution in [2.45, 2.75) is 19.8 Å². The molecule has 18 heavy (non-hydrogen) atoms. The fraction of sp³-hybridized carbons (Fsp3) is 0.250. The van der Waals surface area contributed by atoms with E-state index in [0.29, 0.717) is 27.6 Å². The van der Waals surface area contributed by atoms with Crippen LogP contribution in [0.4, 0.5) is 0 Å². The molecule has 0 aliphatic carbocycles. The van der Waals surface area contributed by atoms with Crippen molar-refractivity contribution >= 4 is 34.5 Å². The lowest BCUT2D eigenvalue weighted by atomic mass is 10.1. The van der Waals surface area contributed by atoms with Gasteiger partial charge in [0.15, 0.2) is 17.3 Å². The summed E-state index contributed by atoms with van der Waals surface area (Å²) < 4.78 is 5.37.